The largest absolute Gasteiger partial charge is 0.302 e. The van der Waals surface area contributed by atoms with E-state index in [0.29, 0.717) is 17.2 Å². The molecule has 3 rings (SSSR count). The number of aromatic nitrogens is 1. The molecule has 3 aromatic rings. The van der Waals surface area contributed by atoms with Crippen LogP contribution in [-0.2, 0) is 0 Å². The molecule has 0 aliphatic rings. The number of thiazole rings is 1. The number of halogens is 2. The first-order valence-corrected chi connectivity index (χ1v) is 10.0. The van der Waals surface area contributed by atoms with Crippen LogP contribution >= 0.6 is 23.7 Å². The highest BCUT2D eigenvalue weighted by atomic mass is 35.5. The van der Waals surface area contributed by atoms with Crippen LogP contribution in [0.15, 0.2) is 42.5 Å². The number of carbonyl (C=O) groups is 1. The van der Waals surface area contributed by atoms with E-state index in [1.54, 1.807) is 4.90 Å². The van der Waals surface area contributed by atoms with Gasteiger partial charge in [0.2, 0.25) is 0 Å². The van der Waals surface area contributed by atoms with Crippen LogP contribution in [0.2, 0.25) is 0 Å². The molecule has 2 aromatic carbocycles. The number of benzene rings is 2. The summed E-state index contributed by atoms with van der Waals surface area (Å²) >= 11 is 1.51. The molecular formula is C21H25ClFN3OS. The Bertz CT molecular complexity index is 925. The molecule has 0 spiro atoms. The van der Waals surface area contributed by atoms with E-state index >= 15 is 0 Å². The number of hydrogen-bond acceptors (Lipinski definition) is 4. The number of anilines is 1. The molecule has 0 saturated carbocycles. The van der Waals surface area contributed by atoms with Crippen molar-refractivity contribution in [1.82, 2.24) is 9.88 Å². The van der Waals surface area contributed by atoms with Gasteiger partial charge in [0.05, 0.1) is 10.2 Å². The number of amides is 1. The molecule has 0 radical (unpaired) electrons. The molecule has 0 aliphatic heterocycles. The van der Waals surface area contributed by atoms with Crippen LogP contribution in [0.4, 0.5) is 9.52 Å². The summed E-state index contributed by atoms with van der Waals surface area (Å²) in [4.78, 5) is 21.9. The number of para-hydroxylation sites is 1. The highest BCUT2D eigenvalue weighted by Gasteiger charge is 2.22. The molecule has 0 N–H and O–H groups in total. The lowest BCUT2D eigenvalue weighted by molar-refractivity contribution is 0.0983. The van der Waals surface area contributed by atoms with E-state index in [1.807, 2.05) is 25.1 Å². The zero-order chi connectivity index (χ0) is 19.4. The maximum absolute atomic E-state index is 13.3. The summed E-state index contributed by atoms with van der Waals surface area (Å²) in [6.45, 7) is 9.38. The van der Waals surface area contributed by atoms with E-state index in [9.17, 15) is 9.18 Å². The van der Waals surface area contributed by atoms with Gasteiger partial charge in [0, 0.05) is 18.7 Å². The lowest BCUT2D eigenvalue weighted by atomic mass is 10.2. The first kappa shape index (κ1) is 22.3. The van der Waals surface area contributed by atoms with Crippen molar-refractivity contribution in [2.24, 2.45) is 0 Å². The minimum Gasteiger partial charge on any atom is -0.302 e. The van der Waals surface area contributed by atoms with Gasteiger partial charge in [0.25, 0.3) is 5.91 Å². The SMILES string of the molecule is CCN(CC)CCN(C(=O)c1ccc(F)cc1)c1nc2c(C)cccc2s1.Cl. The fourth-order valence-corrected chi connectivity index (χ4v) is 4.07. The first-order valence-electron chi connectivity index (χ1n) is 9.19. The molecule has 0 fully saturated rings. The maximum atomic E-state index is 13.3. The molecule has 0 saturated heterocycles. The highest BCUT2D eigenvalue weighted by Crippen LogP contribution is 2.31. The summed E-state index contributed by atoms with van der Waals surface area (Å²) in [5.41, 5.74) is 2.48. The minimum absolute atomic E-state index is 0. The smallest absolute Gasteiger partial charge is 0.260 e. The number of hydrogen-bond donors (Lipinski definition) is 0. The third-order valence-corrected chi connectivity index (χ3v) is 5.75. The molecule has 7 heteroatoms. The Morgan fingerprint density at radius 1 is 1.07 bits per heavy atom. The fraction of sp³-hybridized carbons (Fsp3) is 0.333. The van der Waals surface area contributed by atoms with Gasteiger partial charge in [0.1, 0.15) is 5.82 Å². The third-order valence-electron chi connectivity index (χ3n) is 4.71. The Hall–Kier alpha value is -2.02. The van der Waals surface area contributed by atoms with Gasteiger partial charge in [-0.25, -0.2) is 9.37 Å². The molecule has 1 aromatic heterocycles. The van der Waals surface area contributed by atoms with Crippen molar-refractivity contribution in [1.29, 1.82) is 0 Å². The van der Waals surface area contributed by atoms with Gasteiger partial charge < -0.3 is 4.90 Å². The topological polar surface area (TPSA) is 36.4 Å². The molecule has 150 valence electrons. The lowest BCUT2D eigenvalue weighted by Gasteiger charge is -2.24. The standard InChI is InChI=1S/C21H24FN3OS.ClH/c1-4-24(5-2)13-14-25(20(26)16-9-11-17(22)12-10-16)21-23-19-15(3)7-6-8-18(19)27-21;/h6-12H,4-5,13-14H2,1-3H3;1H. The van der Waals surface area contributed by atoms with Crippen molar-refractivity contribution in [3.63, 3.8) is 0 Å². The van der Waals surface area contributed by atoms with E-state index < -0.39 is 0 Å². The van der Waals surface area contributed by atoms with Gasteiger partial charge in [0.15, 0.2) is 5.13 Å². The molecule has 0 bridgehead atoms. The average Bonchev–Trinajstić information content (AvgIpc) is 3.11. The maximum Gasteiger partial charge on any atom is 0.260 e. The summed E-state index contributed by atoms with van der Waals surface area (Å²) in [5.74, 6) is -0.504. The van der Waals surface area contributed by atoms with Crippen LogP contribution < -0.4 is 4.90 Å². The van der Waals surface area contributed by atoms with Gasteiger partial charge in [-0.1, -0.05) is 37.3 Å². The Kier molecular flexibility index (Phi) is 7.92. The minimum atomic E-state index is -0.350. The van der Waals surface area contributed by atoms with Crippen LogP contribution in [0.1, 0.15) is 29.8 Å². The number of nitrogens with zero attached hydrogens (tertiary/aromatic N) is 3. The normalized spacial score (nSPS) is 10.9. The van der Waals surface area contributed by atoms with Crippen LogP contribution in [0.25, 0.3) is 10.2 Å². The molecule has 4 nitrogen and oxygen atoms in total. The third kappa shape index (κ3) is 4.87. The van der Waals surface area contributed by atoms with E-state index in [2.05, 4.69) is 18.7 Å². The molecule has 0 unspecified atom stereocenters. The second kappa shape index (κ2) is 9.96. The summed E-state index contributed by atoms with van der Waals surface area (Å²) in [6, 6.07) is 11.7. The van der Waals surface area contributed by atoms with E-state index in [-0.39, 0.29) is 24.1 Å². The zero-order valence-corrected chi connectivity index (χ0v) is 17.9. The predicted octanol–water partition coefficient (Wildman–Crippen LogP) is 5.15. The van der Waals surface area contributed by atoms with Crippen molar-refractivity contribution >= 4 is 45.0 Å². The number of fused-ring (bicyclic) bond motifs is 1. The highest BCUT2D eigenvalue weighted by molar-refractivity contribution is 7.22. The molecule has 1 amide bonds. The fourth-order valence-electron chi connectivity index (χ4n) is 3.00. The molecular weight excluding hydrogens is 397 g/mol. The Morgan fingerprint density at radius 3 is 2.36 bits per heavy atom. The van der Waals surface area contributed by atoms with E-state index in [4.69, 9.17) is 4.98 Å². The van der Waals surface area contributed by atoms with Gasteiger partial charge in [-0.2, -0.15) is 0 Å². The van der Waals surface area contributed by atoms with Crippen LogP contribution in [0.3, 0.4) is 0 Å². The lowest BCUT2D eigenvalue weighted by Crippen LogP contribution is -2.38. The van der Waals surface area contributed by atoms with Crippen LogP contribution in [-0.4, -0.2) is 42.0 Å². The molecule has 1 heterocycles. The number of rotatable bonds is 7. The quantitative estimate of drug-likeness (QED) is 0.529. The van der Waals surface area contributed by atoms with Crippen LogP contribution in [0.5, 0.6) is 0 Å². The Morgan fingerprint density at radius 2 is 1.75 bits per heavy atom. The van der Waals surface area contributed by atoms with Gasteiger partial charge in [-0.05, 0) is 55.9 Å². The second-order valence-electron chi connectivity index (χ2n) is 6.41. The van der Waals surface area contributed by atoms with Gasteiger partial charge in [-0.3, -0.25) is 9.69 Å². The number of aryl methyl sites for hydroxylation is 1. The van der Waals surface area contributed by atoms with Crippen molar-refractivity contribution in [3.8, 4) is 0 Å². The van der Waals surface area contributed by atoms with Crippen molar-refractivity contribution in [3.05, 3.63) is 59.4 Å². The summed E-state index contributed by atoms with van der Waals surface area (Å²) in [5, 5.41) is 0.681. The monoisotopic (exact) mass is 421 g/mol. The summed E-state index contributed by atoms with van der Waals surface area (Å²) < 4.78 is 14.3. The predicted molar refractivity (Wildman–Crippen MR) is 117 cm³/mol. The van der Waals surface area contributed by atoms with Crippen molar-refractivity contribution < 1.29 is 9.18 Å². The van der Waals surface area contributed by atoms with Crippen molar-refractivity contribution in [2.75, 3.05) is 31.1 Å². The summed E-state index contributed by atoms with van der Waals surface area (Å²) in [6.07, 6.45) is 0. The van der Waals surface area contributed by atoms with Gasteiger partial charge >= 0.3 is 0 Å². The van der Waals surface area contributed by atoms with Crippen molar-refractivity contribution in [2.45, 2.75) is 20.8 Å². The van der Waals surface area contributed by atoms with Crippen LogP contribution in [0, 0.1) is 12.7 Å². The number of likely N-dealkylation sites (N-methyl/N-ethyl adjacent to an activating group) is 1. The first-order chi connectivity index (χ1) is 13.0. The van der Waals surface area contributed by atoms with Gasteiger partial charge in [-0.15, -0.1) is 12.4 Å². The zero-order valence-electron chi connectivity index (χ0n) is 16.3. The van der Waals surface area contributed by atoms with E-state index in [0.717, 1.165) is 35.4 Å². The van der Waals surface area contributed by atoms with E-state index in [1.165, 1.54) is 35.6 Å². The molecule has 0 aliphatic carbocycles. The molecule has 0 atom stereocenters. The average molecular weight is 422 g/mol. The Labute approximate surface area is 175 Å². The number of carbonyl (C=O) groups excluding carboxylic acids is 1. The molecule has 28 heavy (non-hydrogen) atoms. The summed E-state index contributed by atoms with van der Waals surface area (Å²) in [7, 11) is 0. The Balaban J connectivity index is 0.00000280. The second-order valence-corrected chi connectivity index (χ2v) is 7.42.